The number of benzene rings is 1. The molecule has 0 aromatic heterocycles. The predicted molar refractivity (Wildman–Crippen MR) is 78.8 cm³/mol. The molecule has 4 heteroatoms. The molecule has 1 aromatic carbocycles. The van der Waals surface area contributed by atoms with E-state index in [1.165, 1.54) is 0 Å². The number of carbonyl (C=O) groups excluding carboxylic acids is 1. The van der Waals surface area contributed by atoms with Crippen LogP contribution in [0.2, 0.25) is 0 Å². The highest BCUT2D eigenvalue weighted by Gasteiger charge is 2.13. The standard InChI is InChI=1S/C15H25N3O/c1-12(9-10-18(2)3)17-15(19)11-14(16)13-7-5-4-6-8-13/h4-8,12,14H,9-11,16H2,1-3H3,(H,17,19). The SMILES string of the molecule is CC(CCN(C)C)NC(=O)CC(N)c1ccccc1. The molecule has 4 nitrogen and oxygen atoms in total. The second-order valence-electron chi connectivity index (χ2n) is 5.28. The molecule has 106 valence electrons. The van der Waals surface area contributed by atoms with Crippen molar-refractivity contribution < 1.29 is 4.79 Å². The van der Waals surface area contributed by atoms with Gasteiger partial charge in [0, 0.05) is 18.5 Å². The molecule has 19 heavy (non-hydrogen) atoms. The van der Waals surface area contributed by atoms with Crippen LogP contribution in [0.4, 0.5) is 0 Å². The van der Waals surface area contributed by atoms with Gasteiger partial charge in [0.05, 0.1) is 0 Å². The van der Waals surface area contributed by atoms with Crippen LogP contribution in [0, 0.1) is 0 Å². The van der Waals surface area contributed by atoms with Gasteiger partial charge in [0.15, 0.2) is 0 Å². The Morgan fingerprint density at radius 1 is 1.32 bits per heavy atom. The summed E-state index contributed by atoms with van der Waals surface area (Å²) in [6.07, 6.45) is 1.27. The monoisotopic (exact) mass is 263 g/mol. The van der Waals surface area contributed by atoms with Gasteiger partial charge in [-0.2, -0.15) is 0 Å². The maximum absolute atomic E-state index is 11.9. The van der Waals surface area contributed by atoms with Gasteiger partial charge >= 0.3 is 0 Å². The van der Waals surface area contributed by atoms with Crippen molar-refractivity contribution in [3.63, 3.8) is 0 Å². The van der Waals surface area contributed by atoms with Gasteiger partial charge in [-0.1, -0.05) is 30.3 Å². The van der Waals surface area contributed by atoms with E-state index in [0.717, 1.165) is 18.5 Å². The highest BCUT2D eigenvalue weighted by molar-refractivity contribution is 5.77. The van der Waals surface area contributed by atoms with E-state index in [1.807, 2.05) is 51.4 Å². The summed E-state index contributed by atoms with van der Waals surface area (Å²) in [5, 5.41) is 2.99. The molecule has 1 amide bonds. The van der Waals surface area contributed by atoms with E-state index in [-0.39, 0.29) is 18.0 Å². The minimum Gasteiger partial charge on any atom is -0.354 e. The average molecular weight is 263 g/mol. The Kier molecular flexibility index (Phi) is 6.53. The van der Waals surface area contributed by atoms with Crippen molar-refractivity contribution in [2.45, 2.75) is 31.8 Å². The number of amides is 1. The zero-order valence-electron chi connectivity index (χ0n) is 12.1. The van der Waals surface area contributed by atoms with E-state index in [9.17, 15) is 4.79 Å². The summed E-state index contributed by atoms with van der Waals surface area (Å²) in [5.41, 5.74) is 7.02. The number of nitrogens with two attached hydrogens (primary N) is 1. The van der Waals surface area contributed by atoms with Gasteiger partial charge in [-0.05, 0) is 39.5 Å². The first-order valence-electron chi connectivity index (χ1n) is 6.73. The van der Waals surface area contributed by atoms with Gasteiger partial charge in [-0.25, -0.2) is 0 Å². The molecule has 0 aliphatic carbocycles. The maximum Gasteiger partial charge on any atom is 0.222 e. The highest BCUT2D eigenvalue weighted by Crippen LogP contribution is 2.13. The Balaban J connectivity index is 2.34. The smallest absolute Gasteiger partial charge is 0.222 e. The number of carbonyl (C=O) groups is 1. The maximum atomic E-state index is 11.9. The molecule has 0 fully saturated rings. The molecule has 0 saturated carbocycles. The lowest BCUT2D eigenvalue weighted by Crippen LogP contribution is -2.36. The molecular formula is C15H25N3O. The van der Waals surface area contributed by atoms with Crippen molar-refractivity contribution in [1.29, 1.82) is 0 Å². The molecule has 2 unspecified atom stereocenters. The average Bonchev–Trinajstić information content (AvgIpc) is 2.37. The van der Waals surface area contributed by atoms with E-state index in [1.54, 1.807) is 0 Å². The number of hydrogen-bond donors (Lipinski definition) is 2. The molecule has 0 aliphatic rings. The van der Waals surface area contributed by atoms with Crippen LogP contribution >= 0.6 is 0 Å². The molecule has 0 aliphatic heterocycles. The summed E-state index contributed by atoms with van der Waals surface area (Å²) in [4.78, 5) is 14.0. The van der Waals surface area contributed by atoms with Crippen LogP contribution in [-0.4, -0.2) is 37.5 Å². The molecule has 3 N–H and O–H groups in total. The van der Waals surface area contributed by atoms with E-state index in [0.29, 0.717) is 6.42 Å². The number of nitrogens with one attached hydrogen (secondary N) is 1. The van der Waals surface area contributed by atoms with E-state index in [2.05, 4.69) is 10.2 Å². The molecular weight excluding hydrogens is 238 g/mol. The number of nitrogens with zero attached hydrogens (tertiary/aromatic N) is 1. The number of hydrogen-bond acceptors (Lipinski definition) is 3. The van der Waals surface area contributed by atoms with E-state index >= 15 is 0 Å². The first-order valence-corrected chi connectivity index (χ1v) is 6.73. The molecule has 1 rings (SSSR count). The van der Waals surface area contributed by atoms with Gasteiger partial charge in [0.2, 0.25) is 5.91 Å². The van der Waals surface area contributed by atoms with E-state index < -0.39 is 0 Å². The van der Waals surface area contributed by atoms with Crippen molar-refractivity contribution in [2.75, 3.05) is 20.6 Å². The fourth-order valence-electron chi connectivity index (χ4n) is 1.88. The molecule has 2 atom stereocenters. The van der Waals surface area contributed by atoms with Crippen LogP contribution in [0.1, 0.15) is 31.4 Å². The Morgan fingerprint density at radius 3 is 2.53 bits per heavy atom. The minimum atomic E-state index is -0.234. The first-order chi connectivity index (χ1) is 8.99. The Morgan fingerprint density at radius 2 is 1.95 bits per heavy atom. The Hall–Kier alpha value is -1.39. The lowest BCUT2D eigenvalue weighted by Gasteiger charge is -2.18. The molecule has 1 aromatic rings. The summed E-state index contributed by atoms with van der Waals surface area (Å²) in [5.74, 6) is 0.0163. The molecule has 0 spiro atoms. The summed E-state index contributed by atoms with van der Waals surface area (Å²) in [7, 11) is 4.06. The third kappa shape index (κ3) is 6.36. The normalized spacial score (nSPS) is 14.2. The fourth-order valence-corrected chi connectivity index (χ4v) is 1.88. The summed E-state index contributed by atoms with van der Waals surface area (Å²) in [6.45, 7) is 2.99. The topological polar surface area (TPSA) is 58.4 Å². The van der Waals surface area contributed by atoms with Crippen LogP contribution in [0.3, 0.4) is 0 Å². The van der Waals surface area contributed by atoms with Gasteiger partial charge < -0.3 is 16.0 Å². The van der Waals surface area contributed by atoms with Crippen molar-refractivity contribution in [2.24, 2.45) is 5.73 Å². The van der Waals surface area contributed by atoms with Crippen LogP contribution in [0.5, 0.6) is 0 Å². The van der Waals surface area contributed by atoms with Crippen molar-refractivity contribution in [3.8, 4) is 0 Å². The third-order valence-corrected chi connectivity index (χ3v) is 3.05. The Labute approximate surface area is 116 Å². The summed E-state index contributed by atoms with van der Waals surface area (Å²) < 4.78 is 0. The van der Waals surface area contributed by atoms with Crippen molar-refractivity contribution in [3.05, 3.63) is 35.9 Å². The van der Waals surface area contributed by atoms with Gasteiger partial charge in [0.25, 0.3) is 0 Å². The van der Waals surface area contributed by atoms with Crippen molar-refractivity contribution in [1.82, 2.24) is 10.2 Å². The van der Waals surface area contributed by atoms with Gasteiger partial charge in [-0.3, -0.25) is 4.79 Å². The lowest BCUT2D eigenvalue weighted by atomic mass is 10.0. The lowest BCUT2D eigenvalue weighted by molar-refractivity contribution is -0.122. The molecule has 0 bridgehead atoms. The fraction of sp³-hybridized carbons (Fsp3) is 0.533. The highest BCUT2D eigenvalue weighted by atomic mass is 16.1. The summed E-state index contributed by atoms with van der Waals surface area (Å²) >= 11 is 0. The van der Waals surface area contributed by atoms with Gasteiger partial charge in [-0.15, -0.1) is 0 Å². The zero-order valence-corrected chi connectivity index (χ0v) is 12.1. The van der Waals surface area contributed by atoms with Crippen LogP contribution < -0.4 is 11.1 Å². The van der Waals surface area contributed by atoms with Gasteiger partial charge in [0.1, 0.15) is 0 Å². The largest absolute Gasteiger partial charge is 0.354 e. The second kappa shape index (κ2) is 7.92. The first kappa shape index (κ1) is 15.7. The van der Waals surface area contributed by atoms with E-state index in [4.69, 9.17) is 5.73 Å². The molecule has 0 heterocycles. The molecule has 0 saturated heterocycles. The minimum absolute atomic E-state index is 0.0163. The molecule has 0 radical (unpaired) electrons. The second-order valence-corrected chi connectivity index (χ2v) is 5.28. The Bertz CT molecular complexity index is 378. The number of rotatable bonds is 7. The van der Waals surface area contributed by atoms with Crippen molar-refractivity contribution >= 4 is 5.91 Å². The summed E-state index contributed by atoms with van der Waals surface area (Å²) in [6, 6.07) is 9.67. The van der Waals surface area contributed by atoms with Crippen LogP contribution in [-0.2, 0) is 4.79 Å². The predicted octanol–water partition coefficient (Wildman–Crippen LogP) is 1.53. The zero-order chi connectivity index (χ0) is 14.3. The third-order valence-electron chi connectivity index (χ3n) is 3.05. The quantitative estimate of drug-likeness (QED) is 0.784. The van der Waals surface area contributed by atoms with Crippen LogP contribution in [0.25, 0.3) is 0 Å². The van der Waals surface area contributed by atoms with Crippen LogP contribution in [0.15, 0.2) is 30.3 Å².